The first kappa shape index (κ1) is 14.7. The topological polar surface area (TPSA) is 46.3 Å². The molecule has 0 radical (unpaired) electrons. The lowest BCUT2D eigenvalue weighted by atomic mass is 10.1. The molecule has 0 unspecified atom stereocenters. The predicted octanol–water partition coefficient (Wildman–Crippen LogP) is 2.58. The van der Waals surface area contributed by atoms with Crippen LogP contribution in [-0.2, 0) is 17.8 Å². The normalized spacial score (nSPS) is 10.2. The van der Waals surface area contributed by atoms with E-state index >= 15 is 0 Å². The lowest BCUT2D eigenvalue weighted by Crippen LogP contribution is -2.27. The summed E-state index contributed by atoms with van der Waals surface area (Å²) in [6, 6.07) is 11.5. The van der Waals surface area contributed by atoms with Crippen LogP contribution < -0.4 is 5.73 Å². The number of nitrogens with two attached hydrogens (primary N) is 1. The van der Waals surface area contributed by atoms with E-state index in [4.69, 9.17) is 18.0 Å². The molecule has 2 rings (SSSR count). The van der Waals surface area contributed by atoms with Crippen molar-refractivity contribution in [3.8, 4) is 0 Å². The van der Waals surface area contributed by atoms with Crippen LogP contribution in [-0.4, -0.2) is 22.8 Å². The number of benzene rings is 1. The second-order valence-electron chi connectivity index (χ2n) is 4.57. The Labute approximate surface area is 128 Å². The van der Waals surface area contributed by atoms with E-state index in [0.717, 1.165) is 11.1 Å². The highest BCUT2D eigenvalue weighted by Gasteiger charge is 2.10. The van der Waals surface area contributed by atoms with Crippen molar-refractivity contribution < 1.29 is 4.79 Å². The number of nitrogens with zero attached hydrogens (tertiary/aromatic N) is 1. The molecule has 5 heteroatoms. The molecule has 1 aromatic heterocycles. The zero-order valence-electron chi connectivity index (χ0n) is 11.2. The van der Waals surface area contributed by atoms with Crippen LogP contribution in [0.3, 0.4) is 0 Å². The molecule has 20 heavy (non-hydrogen) atoms. The van der Waals surface area contributed by atoms with E-state index < -0.39 is 0 Å². The summed E-state index contributed by atoms with van der Waals surface area (Å²) in [6.45, 7) is 0.654. The van der Waals surface area contributed by atoms with E-state index in [9.17, 15) is 4.79 Å². The summed E-state index contributed by atoms with van der Waals surface area (Å²) < 4.78 is 0. The zero-order chi connectivity index (χ0) is 14.5. The number of carbonyl (C=O) groups is 1. The Hall–Kier alpha value is -1.72. The second kappa shape index (κ2) is 6.63. The van der Waals surface area contributed by atoms with Crippen LogP contribution in [0.25, 0.3) is 0 Å². The molecule has 0 fully saturated rings. The third kappa shape index (κ3) is 3.88. The monoisotopic (exact) mass is 304 g/mol. The quantitative estimate of drug-likeness (QED) is 0.864. The van der Waals surface area contributed by atoms with E-state index in [0.29, 0.717) is 18.0 Å². The van der Waals surface area contributed by atoms with E-state index in [2.05, 4.69) is 0 Å². The molecule has 3 nitrogen and oxygen atoms in total. The van der Waals surface area contributed by atoms with Crippen LogP contribution in [0.5, 0.6) is 0 Å². The molecule has 1 amide bonds. The first-order chi connectivity index (χ1) is 9.56. The average Bonchev–Trinajstić information content (AvgIpc) is 2.92. The highest BCUT2D eigenvalue weighted by molar-refractivity contribution is 7.80. The number of amides is 1. The maximum absolute atomic E-state index is 12.1. The lowest BCUT2D eigenvalue weighted by Gasteiger charge is -2.16. The summed E-state index contributed by atoms with van der Waals surface area (Å²) >= 11 is 6.56. The van der Waals surface area contributed by atoms with Crippen molar-refractivity contribution in [2.24, 2.45) is 5.73 Å². The van der Waals surface area contributed by atoms with Crippen LogP contribution in [0.4, 0.5) is 0 Å². The fourth-order valence-electron chi connectivity index (χ4n) is 1.82. The maximum atomic E-state index is 12.1. The Bertz CT molecular complexity index is 591. The molecule has 0 aliphatic rings. The van der Waals surface area contributed by atoms with Gasteiger partial charge >= 0.3 is 0 Å². The van der Waals surface area contributed by atoms with E-state index in [-0.39, 0.29) is 5.91 Å². The van der Waals surface area contributed by atoms with Crippen LogP contribution in [0.1, 0.15) is 16.0 Å². The Balaban J connectivity index is 1.95. The summed E-state index contributed by atoms with van der Waals surface area (Å²) in [5.41, 5.74) is 7.33. The van der Waals surface area contributed by atoms with Crippen LogP contribution in [0.15, 0.2) is 41.8 Å². The van der Waals surface area contributed by atoms with Gasteiger partial charge < -0.3 is 10.6 Å². The number of thiocarbonyl (C=S) groups is 1. The first-order valence-corrected chi connectivity index (χ1v) is 7.50. The largest absolute Gasteiger partial charge is 0.389 e. The van der Waals surface area contributed by atoms with Crippen molar-refractivity contribution in [2.45, 2.75) is 13.0 Å². The van der Waals surface area contributed by atoms with Crippen molar-refractivity contribution in [1.29, 1.82) is 0 Å². The molecular weight excluding hydrogens is 288 g/mol. The molecule has 104 valence electrons. The van der Waals surface area contributed by atoms with Gasteiger partial charge in [0.25, 0.3) is 0 Å². The molecule has 2 N–H and O–H groups in total. The standard InChI is InChI=1S/C15H16N2OS2/c1-17(10-13-3-2-8-20-13)14(18)9-11-4-6-12(7-5-11)15(16)19/h2-8H,9-10H2,1H3,(H2,16,19). The summed E-state index contributed by atoms with van der Waals surface area (Å²) in [7, 11) is 1.82. The number of hydrogen-bond acceptors (Lipinski definition) is 3. The van der Waals surface area contributed by atoms with Gasteiger partial charge in [0.05, 0.1) is 13.0 Å². The molecule has 2 aromatic rings. The Morgan fingerprint density at radius 3 is 2.55 bits per heavy atom. The second-order valence-corrected chi connectivity index (χ2v) is 6.04. The van der Waals surface area contributed by atoms with Crippen molar-refractivity contribution in [3.05, 3.63) is 57.8 Å². The number of rotatable bonds is 5. The molecule has 0 saturated carbocycles. The van der Waals surface area contributed by atoms with Gasteiger partial charge in [-0.3, -0.25) is 4.79 Å². The van der Waals surface area contributed by atoms with Gasteiger partial charge in [-0.2, -0.15) is 0 Å². The summed E-state index contributed by atoms with van der Waals surface area (Å²) in [5.74, 6) is 0.0986. The van der Waals surface area contributed by atoms with Crippen molar-refractivity contribution in [1.82, 2.24) is 4.90 Å². The molecule has 0 atom stereocenters. The number of hydrogen-bond donors (Lipinski definition) is 1. The van der Waals surface area contributed by atoms with Crippen molar-refractivity contribution in [3.63, 3.8) is 0 Å². The number of carbonyl (C=O) groups excluding carboxylic acids is 1. The van der Waals surface area contributed by atoms with Crippen molar-refractivity contribution in [2.75, 3.05) is 7.05 Å². The fourth-order valence-corrected chi connectivity index (χ4v) is 2.71. The van der Waals surface area contributed by atoms with Gasteiger partial charge in [0, 0.05) is 17.5 Å². The van der Waals surface area contributed by atoms with Gasteiger partial charge in [0.1, 0.15) is 4.99 Å². The van der Waals surface area contributed by atoms with Gasteiger partial charge in [-0.05, 0) is 17.0 Å². The maximum Gasteiger partial charge on any atom is 0.227 e. The van der Waals surface area contributed by atoms with Crippen LogP contribution >= 0.6 is 23.6 Å². The molecule has 0 aliphatic carbocycles. The third-order valence-electron chi connectivity index (χ3n) is 2.99. The predicted molar refractivity (Wildman–Crippen MR) is 86.8 cm³/mol. The minimum atomic E-state index is 0.0986. The Kier molecular flexibility index (Phi) is 4.87. The van der Waals surface area contributed by atoms with E-state index in [1.807, 2.05) is 48.8 Å². The van der Waals surface area contributed by atoms with Gasteiger partial charge in [-0.25, -0.2) is 0 Å². The highest BCUT2D eigenvalue weighted by atomic mass is 32.1. The molecule has 0 aliphatic heterocycles. The van der Waals surface area contributed by atoms with Gasteiger partial charge in [0.15, 0.2) is 0 Å². The summed E-state index contributed by atoms with van der Waals surface area (Å²) in [4.78, 5) is 15.4. The number of likely N-dealkylation sites (N-methyl/N-ethyl adjacent to an activating group) is 1. The minimum Gasteiger partial charge on any atom is -0.389 e. The highest BCUT2D eigenvalue weighted by Crippen LogP contribution is 2.12. The van der Waals surface area contributed by atoms with E-state index in [1.165, 1.54) is 4.88 Å². The van der Waals surface area contributed by atoms with Gasteiger partial charge in [0.2, 0.25) is 5.91 Å². The number of thiophene rings is 1. The first-order valence-electron chi connectivity index (χ1n) is 6.21. The molecular formula is C15H16N2OS2. The molecule has 1 heterocycles. The summed E-state index contributed by atoms with van der Waals surface area (Å²) in [6.07, 6.45) is 0.388. The SMILES string of the molecule is CN(Cc1cccs1)C(=O)Cc1ccc(C(N)=S)cc1. The van der Waals surface area contributed by atoms with E-state index in [1.54, 1.807) is 16.2 Å². The lowest BCUT2D eigenvalue weighted by molar-refractivity contribution is -0.129. The molecule has 0 bridgehead atoms. The van der Waals surface area contributed by atoms with Crippen LogP contribution in [0.2, 0.25) is 0 Å². The zero-order valence-corrected chi connectivity index (χ0v) is 12.8. The van der Waals surface area contributed by atoms with Gasteiger partial charge in [-0.1, -0.05) is 42.5 Å². The molecule has 1 aromatic carbocycles. The fraction of sp³-hybridized carbons (Fsp3) is 0.200. The van der Waals surface area contributed by atoms with Gasteiger partial charge in [-0.15, -0.1) is 11.3 Å². The Morgan fingerprint density at radius 2 is 2.00 bits per heavy atom. The van der Waals surface area contributed by atoms with Crippen LogP contribution in [0, 0.1) is 0 Å². The van der Waals surface area contributed by atoms with Crippen molar-refractivity contribution >= 4 is 34.5 Å². The summed E-state index contributed by atoms with van der Waals surface area (Å²) in [5, 5.41) is 2.02. The average molecular weight is 304 g/mol. The third-order valence-corrected chi connectivity index (χ3v) is 4.09. The smallest absolute Gasteiger partial charge is 0.227 e. The molecule has 0 saturated heterocycles. The minimum absolute atomic E-state index is 0.0986. The molecule has 0 spiro atoms. The Morgan fingerprint density at radius 1 is 1.30 bits per heavy atom.